The minimum absolute atomic E-state index is 0.417. The van der Waals surface area contributed by atoms with Gasteiger partial charge in [0.2, 0.25) is 0 Å². The third kappa shape index (κ3) is 4.47. The maximum atomic E-state index is 13.1. The summed E-state index contributed by atoms with van der Waals surface area (Å²) in [5.41, 5.74) is 2.33. The molecule has 0 amide bonds. The molecule has 3 rings (SSSR count). The fourth-order valence-corrected chi connectivity index (χ4v) is 3.85. The van der Waals surface area contributed by atoms with Crippen LogP contribution in [0, 0.1) is 12.8 Å². The number of likely N-dealkylation sites (tertiary alicyclic amines) is 1. The van der Waals surface area contributed by atoms with Crippen molar-refractivity contribution in [3.63, 3.8) is 0 Å². The van der Waals surface area contributed by atoms with Crippen molar-refractivity contribution in [2.24, 2.45) is 13.0 Å². The largest absolute Gasteiger partial charge is 0.416 e. The van der Waals surface area contributed by atoms with Gasteiger partial charge in [0.15, 0.2) is 0 Å². The van der Waals surface area contributed by atoms with Gasteiger partial charge in [-0.1, -0.05) is 18.2 Å². The lowest BCUT2D eigenvalue weighted by molar-refractivity contribution is -0.138. The third-order valence-electron chi connectivity index (χ3n) is 5.48. The molecule has 0 spiro atoms. The smallest absolute Gasteiger partial charge is 0.299 e. The molecular weight excluding hydrogens is 339 g/mol. The summed E-state index contributed by atoms with van der Waals surface area (Å²) in [6.07, 6.45) is 1.13. The van der Waals surface area contributed by atoms with Gasteiger partial charge in [0.05, 0.1) is 11.8 Å². The number of aromatic nitrogens is 2. The minimum Gasteiger partial charge on any atom is -0.299 e. The molecule has 1 aliphatic heterocycles. The molecule has 142 valence electrons. The molecule has 1 atom stereocenters. The van der Waals surface area contributed by atoms with Crippen LogP contribution in [0.5, 0.6) is 0 Å². The first-order valence-electron chi connectivity index (χ1n) is 9.19. The zero-order valence-electron chi connectivity index (χ0n) is 15.4. The van der Waals surface area contributed by atoms with E-state index in [1.54, 1.807) is 12.1 Å². The number of nitrogens with zero attached hydrogens (tertiary/aromatic N) is 3. The molecule has 1 saturated heterocycles. The molecule has 0 bridgehead atoms. The van der Waals surface area contributed by atoms with Crippen LogP contribution in [-0.4, -0.2) is 27.8 Å². The minimum atomic E-state index is -4.27. The Balaban J connectivity index is 1.59. The van der Waals surface area contributed by atoms with Gasteiger partial charge in [0.1, 0.15) is 0 Å². The summed E-state index contributed by atoms with van der Waals surface area (Å²) in [4.78, 5) is 2.41. The maximum Gasteiger partial charge on any atom is 0.416 e. The summed E-state index contributed by atoms with van der Waals surface area (Å²) in [5.74, 6) is 0.446. The van der Waals surface area contributed by atoms with E-state index in [1.165, 1.54) is 23.4 Å². The molecule has 1 aliphatic rings. The van der Waals surface area contributed by atoms with Crippen LogP contribution in [0.1, 0.15) is 41.6 Å². The van der Waals surface area contributed by atoms with E-state index in [1.807, 2.05) is 17.9 Å². The van der Waals surface area contributed by atoms with Crippen LogP contribution in [0.4, 0.5) is 13.2 Å². The fourth-order valence-electron chi connectivity index (χ4n) is 3.85. The first-order chi connectivity index (χ1) is 12.3. The molecule has 2 heterocycles. The molecule has 3 nitrogen and oxygen atoms in total. The second-order valence-corrected chi connectivity index (χ2v) is 7.32. The Kier molecular flexibility index (Phi) is 5.70. The van der Waals surface area contributed by atoms with E-state index in [4.69, 9.17) is 0 Å². The van der Waals surface area contributed by atoms with Gasteiger partial charge in [-0.25, -0.2) is 0 Å². The van der Waals surface area contributed by atoms with Gasteiger partial charge in [0.25, 0.3) is 0 Å². The lowest BCUT2D eigenvalue weighted by Gasteiger charge is -2.33. The van der Waals surface area contributed by atoms with Gasteiger partial charge < -0.3 is 0 Å². The number of alkyl halides is 3. The Morgan fingerprint density at radius 2 is 1.96 bits per heavy atom. The molecule has 2 aromatic rings. The van der Waals surface area contributed by atoms with Crippen LogP contribution in [0.15, 0.2) is 30.5 Å². The van der Waals surface area contributed by atoms with Gasteiger partial charge in [-0.2, -0.15) is 18.3 Å². The van der Waals surface area contributed by atoms with Crippen LogP contribution in [0.2, 0.25) is 0 Å². The molecule has 1 fully saturated rings. The molecule has 0 saturated carbocycles. The Morgan fingerprint density at radius 1 is 1.19 bits per heavy atom. The Morgan fingerprint density at radius 3 is 2.65 bits per heavy atom. The summed E-state index contributed by atoms with van der Waals surface area (Å²) < 4.78 is 41.3. The van der Waals surface area contributed by atoms with Crippen molar-refractivity contribution < 1.29 is 13.2 Å². The molecule has 0 radical (unpaired) electrons. The van der Waals surface area contributed by atoms with Crippen LogP contribution < -0.4 is 0 Å². The zero-order valence-corrected chi connectivity index (χ0v) is 15.4. The van der Waals surface area contributed by atoms with Crippen molar-refractivity contribution in [3.8, 4) is 0 Å². The Hall–Kier alpha value is -1.82. The van der Waals surface area contributed by atoms with Crippen molar-refractivity contribution >= 4 is 0 Å². The standard InChI is InChI=1S/C20H26F3N3/c1-15-18(12-24-25(15)2)14-26-11-5-6-16(13-26)9-10-17-7-3-4-8-19(17)20(21,22)23/h3-4,7-8,12,16H,5-6,9-11,13-14H2,1-2H3. The highest BCUT2D eigenvalue weighted by Gasteiger charge is 2.33. The zero-order chi connectivity index (χ0) is 18.7. The predicted molar refractivity (Wildman–Crippen MR) is 95.7 cm³/mol. The lowest BCUT2D eigenvalue weighted by atomic mass is 9.90. The van der Waals surface area contributed by atoms with Gasteiger partial charge >= 0.3 is 6.18 Å². The monoisotopic (exact) mass is 365 g/mol. The highest BCUT2D eigenvalue weighted by Crippen LogP contribution is 2.33. The number of halogens is 3. The van der Waals surface area contributed by atoms with Gasteiger partial charge in [-0.15, -0.1) is 0 Å². The van der Waals surface area contributed by atoms with Gasteiger partial charge in [-0.05, 0) is 56.7 Å². The second-order valence-electron chi connectivity index (χ2n) is 7.32. The second kappa shape index (κ2) is 7.82. The van der Waals surface area contributed by atoms with E-state index in [-0.39, 0.29) is 0 Å². The van der Waals surface area contributed by atoms with E-state index >= 15 is 0 Å². The predicted octanol–water partition coefficient (Wildman–Crippen LogP) is 4.59. The number of aryl methyl sites for hydroxylation is 2. The van der Waals surface area contributed by atoms with Crippen molar-refractivity contribution in [3.05, 3.63) is 52.8 Å². The molecule has 1 aromatic carbocycles. The van der Waals surface area contributed by atoms with Crippen LogP contribution in [-0.2, 0) is 26.2 Å². The topological polar surface area (TPSA) is 21.1 Å². The molecule has 26 heavy (non-hydrogen) atoms. The summed E-state index contributed by atoms with van der Waals surface area (Å²) in [6, 6.07) is 5.96. The molecule has 1 unspecified atom stereocenters. The average molecular weight is 365 g/mol. The van der Waals surface area contributed by atoms with Crippen LogP contribution in [0.3, 0.4) is 0 Å². The lowest BCUT2D eigenvalue weighted by Crippen LogP contribution is -2.35. The number of hydrogen-bond acceptors (Lipinski definition) is 2. The molecule has 0 aliphatic carbocycles. The van der Waals surface area contributed by atoms with Crippen molar-refractivity contribution in [2.75, 3.05) is 13.1 Å². The molecule has 1 aromatic heterocycles. The number of hydrogen-bond donors (Lipinski definition) is 0. The molecule has 6 heteroatoms. The molecular formula is C20H26F3N3. The number of piperidine rings is 1. The van der Waals surface area contributed by atoms with Crippen molar-refractivity contribution in [2.45, 2.75) is 45.3 Å². The van der Waals surface area contributed by atoms with Crippen LogP contribution >= 0.6 is 0 Å². The summed E-state index contributed by atoms with van der Waals surface area (Å²) in [5, 5.41) is 4.29. The first-order valence-corrected chi connectivity index (χ1v) is 9.19. The normalized spacial score (nSPS) is 19.0. The highest BCUT2D eigenvalue weighted by molar-refractivity contribution is 5.29. The fraction of sp³-hybridized carbons (Fsp3) is 0.550. The van der Waals surface area contributed by atoms with Crippen molar-refractivity contribution in [1.29, 1.82) is 0 Å². The SMILES string of the molecule is Cc1c(CN2CCCC(CCc3ccccc3C(F)(F)F)C2)cnn1C. The summed E-state index contributed by atoms with van der Waals surface area (Å²) in [6.45, 7) is 4.93. The van der Waals surface area contributed by atoms with Crippen molar-refractivity contribution in [1.82, 2.24) is 14.7 Å². The number of benzene rings is 1. The van der Waals surface area contributed by atoms with E-state index in [0.717, 1.165) is 38.9 Å². The first kappa shape index (κ1) is 19.0. The van der Waals surface area contributed by atoms with Gasteiger partial charge in [-0.3, -0.25) is 9.58 Å². The Bertz CT molecular complexity index is 736. The third-order valence-corrected chi connectivity index (χ3v) is 5.48. The van der Waals surface area contributed by atoms with E-state index in [2.05, 4.69) is 16.9 Å². The van der Waals surface area contributed by atoms with E-state index in [0.29, 0.717) is 17.9 Å². The van der Waals surface area contributed by atoms with E-state index < -0.39 is 11.7 Å². The van der Waals surface area contributed by atoms with Gasteiger partial charge in [0, 0.05) is 31.4 Å². The average Bonchev–Trinajstić information content (AvgIpc) is 2.92. The quantitative estimate of drug-likeness (QED) is 0.773. The number of rotatable bonds is 5. The summed E-state index contributed by atoms with van der Waals surface area (Å²) in [7, 11) is 1.94. The van der Waals surface area contributed by atoms with Crippen LogP contribution in [0.25, 0.3) is 0 Å². The maximum absolute atomic E-state index is 13.1. The summed E-state index contributed by atoms with van der Waals surface area (Å²) >= 11 is 0. The van der Waals surface area contributed by atoms with E-state index in [9.17, 15) is 13.2 Å². The Labute approximate surface area is 152 Å². The molecule has 0 N–H and O–H groups in total. The highest BCUT2D eigenvalue weighted by atomic mass is 19.4.